The average Bonchev–Trinajstić information content (AvgIpc) is 2.65. The van der Waals surface area contributed by atoms with Gasteiger partial charge in [0.15, 0.2) is 11.5 Å². The fraction of sp³-hybridized carbons (Fsp3) is 0.381. The molecule has 0 unspecified atom stereocenters. The summed E-state index contributed by atoms with van der Waals surface area (Å²) in [5.74, 6) is 1.49. The highest BCUT2D eigenvalue weighted by molar-refractivity contribution is 5.75. The molecule has 0 aliphatic carbocycles. The van der Waals surface area contributed by atoms with E-state index in [0.29, 0.717) is 32.6 Å². The van der Waals surface area contributed by atoms with E-state index in [1.54, 1.807) is 0 Å². The van der Waals surface area contributed by atoms with Gasteiger partial charge in [-0.15, -0.1) is 0 Å². The van der Waals surface area contributed by atoms with Crippen LogP contribution in [0.2, 0.25) is 0 Å². The van der Waals surface area contributed by atoms with E-state index >= 15 is 0 Å². The van der Waals surface area contributed by atoms with Gasteiger partial charge in [0.2, 0.25) is 5.91 Å². The van der Waals surface area contributed by atoms with Gasteiger partial charge in [-0.2, -0.15) is 0 Å². The van der Waals surface area contributed by atoms with Gasteiger partial charge in [0.05, 0.1) is 13.2 Å². The highest BCUT2D eigenvalue weighted by atomic mass is 16.5. The number of rotatable bonds is 10. The van der Waals surface area contributed by atoms with Crippen molar-refractivity contribution in [2.75, 3.05) is 32.2 Å². The second-order valence-electron chi connectivity index (χ2n) is 6.17. The number of nitrogens with one attached hydrogen (secondary N) is 1. The van der Waals surface area contributed by atoms with E-state index in [9.17, 15) is 4.79 Å². The van der Waals surface area contributed by atoms with Gasteiger partial charge in [0.25, 0.3) is 0 Å². The standard InChI is InChI=1S/C21H28N2O3/c1-4-25-19-8-5-6-9-20(19)26-15-7-10-21(24)22-16-17-11-13-18(14-12-17)23(2)3/h5-6,8-9,11-14H,4,7,10,15-16H2,1-3H3,(H,22,24). The van der Waals surface area contributed by atoms with E-state index < -0.39 is 0 Å². The Morgan fingerprint density at radius 1 is 1.00 bits per heavy atom. The molecule has 0 aromatic heterocycles. The zero-order chi connectivity index (χ0) is 18.8. The minimum Gasteiger partial charge on any atom is -0.490 e. The fourth-order valence-corrected chi connectivity index (χ4v) is 2.46. The van der Waals surface area contributed by atoms with Gasteiger partial charge in [0.1, 0.15) is 0 Å². The number of nitrogens with zero attached hydrogens (tertiary/aromatic N) is 1. The first-order valence-electron chi connectivity index (χ1n) is 8.97. The molecule has 0 aliphatic heterocycles. The number of amides is 1. The van der Waals surface area contributed by atoms with E-state index in [-0.39, 0.29) is 5.91 Å². The molecule has 0 saturated heterocycles. The summed E-state index contributed by atoms with van der Waals surface area (Å²) >= 11 is 0. The van der Waals surface area contributed by atoms with E-state index in [1.807, 2.05) is 74.4 Å². The average molecular weight is 356 g/mol. The van der Waals surface area contributed by atoms with Crippen LogP contribution in [0.15, 0.2) is 48.5 Å². The van der Waals surface area contributed by atoms with Crippen molar-refractivity contribution in [3.05, 3.63) is 54.1 Å². The summed E-state index contributed by atoms with van der Waals surface area (Å²) in [6.07, 6.45) is 1.10. The van der Waals surface area contributed by atoms with Crippen molar-refractivity contribution in [1.29, 1.82) is 0 Å². The second kappa shape index (κ2) is 10.3. The molecule has 0 fully saturated rings. The Morgan fingerprint density at radius 3 is 2.27 bits per heavy atom. The van der Waals surface area contributed by atoms with Gasteiger partial charge >= 0.3 is 0 Å². The number of carbonyl (C=O) groups excluding carboxylic acids is 1. The summed E-state index contributed by atoms with van der Waals surface area (Å²) in [5.41, 5.74) is 2.23. The Morgan fingerprint density at radius 2 is 1.65 bits per heavy atom. The van der Waals surface area contributed by atoms with Crippen LogP contribution >= 0.6 is 0 Å². The molecular formula is C21H28N2O3. The molecular weight excluding hydrogens is 328 g/mol. The zero-order valence-electron chi connectivity index (χ0n) is 15.8. The Hall–Kier alpha value is -2.69. The molecule has 0 spiro atoms. The molecule has 26 heavy (non-hydrogen) atoms. The van der Waals surface area contributed by atoms with E-state index in [0.717, 1.165) is 22.7 Å². The third-order valence-corrected chi connectivity index (χ3v) is 3.90. The van der Waals surface area contributed by atoms with Gasteiger partial charge in [0, 0.05) is 32.7 Å². The normalized spacial score (nSPS) is 10.3. The molecule has 1 amide bonds. The van der Waals surface area contributed by atoms with Crippen LogP contribution in [0.4, 0.5) is 5.69 Å². The van der Waals surface area contributed by atoms with Crippen LogP contribution < -0.4 is 19.7 Å². The SMILES string of the molecule is CCOc1ccccc1OCCCC(=O)NCc1ccc(N(C)C)cc1. The molecule has 2 aromatic rings. The number of hydrogen-bond acceptors (Lipinski definition) is 4. The summed E-state index contributed by atoms with van der Waals surface area (Å²) in [7, 11) is 4.01. The smallest absolute Gasteiger partial charge is 0.220 e. The van der Waals surface area contributed by atoms with Crippen molar-refractivity contribution in [3.63, 3.8) is 0 Å². The zero-order valence-corrected chi connectivity index (χ0v) is 15.8. The van der Waals surface area contributed by atoms with Gasteiger partial charge in [-0.05, 0) is 43.2 Å². The highest BCUT2D eigenvalue weighted by Gasteiger charge is 2.05. The quantitative estimate of drug-likeness (QED) is 0.661. The maximum atomic E-state index is 12.0. The monoisotopic (exact) mass is 356 g/mol. The van der Waals surface area contributed by atoms with Crippen molar-refractivity contribution in [2.45, 2.75) is 26.3 Å². The van der Waals surface area contributed by atoms with Gasteiger partial charge in [-0.3, -0.25) is 4.79 Å². The predicted molar refractivity (Wildman–Crippen MR) is 105 cm³/mol. The summed E-state index contributed by atoms with van der Waals surface area (Å²) in [6.45, 7) is 3.56. The van der Waals surface area contributed by atoms with Crippen LogP contribution in [0.3, 0.4) is 0 Å². The molecule has 0 atom stereocenters. The van der Waals surface area contributed by atoms with Crippen molar-refractivity contribution in [1.82, 2.24) is 5.32 Å². The number of hydrogen-bond donors (Lipinski definition) is 1. The molecule has 2 rings (SSSR count). The first-order valence-corrected chi connectivity index (χ1v) is 8.97. The first-order chi connectivity index (χ1) is 12.6. The lowest BCUT2D eigenvalue weighted by molar-refractivity contribution is -0.121. The highest BCUT2D eigenvalue weighted by Crippen LogP contribution is 2.26. The predicted octanol–water partition coefficient (Wildman–Crippen LogP) is 3.63. The van der Waals surface area contributed by atoms with Crippen LogP contribution in [-0.4, -0.2) is 33.2 Å². The number of benzene rings is 2. The van der Waals surface area contributed by atoms with E-state index in [2.05, 4.69) is 5.32 Å². The number of carbonyl (C=O) groups is 1. The van der Waals surface area contributed by atoms with Crippen LogP contribution in [0, 0.1) is 0 Å². The molecule has 1 N–H and O–H groups in total. The molecule has 0 bridgehead atoms. The molecule has 5 nitrogen and oxygen atoms in total. The van der Waals surface area contributed by atoms with Crippen LogP contribution in [0.5, 0.6) is 11.5 Å². The molecule has 5 heteroatoms. The molecule has 0 radical (unpaired) electrons. The Labute approximate surface area is 155 Å². The summed E-state index contributed by atoms with van der Waals surface area (Å²) in [4.78, 5) is 14.0. The molecule has 140 valence electrons. The molecule has 0 saturated carbocycles. The summed E-state index contributed by atoms with van der Waals surface area (Å²) in [5, 5.41) is 2.95. The minimum absolute atomic E-state index is 0.0309. The van der Waals surface area contributed by atoms with Gasteiger partial charge in [-0.1, -0.05) is 24.3 Å². The summed E-state index contributed by atoms with van der Waals surface area (Å²) < 4.78 is 11.2. The third-order valence-electron chi connectivity index (χ3n) is 3.90. The van der Waals surface area contributed by atoms with Gasteiger partial charge in [-0.25, -0.2) is 0 Å². The largest absolute Gasteiger partial charge is 0.490 e. The van der Waals surface area contributed by atoms with Crippen LogP contribution in [0.25, 0.3) is 0 Å². The number of ether oxygens (including phenoxy) is 2. The Balaban J connectivity index is 1.67. The number of para-hydroxylation sites is 2. The molecule has 0 heterocycles. The number of anilines is 1. The van der Waals surface area contributed by atoms with Crippen LogP contribution in [-0.2, 0) is 11.3 Å². The topological polar surface area (TPSA) is 50.8 Å². The minimum atomic E-state index is 0.0309. The molecule has 2 aromatic carbocycles. The lowest BCUT2D eigenvalue weighted by atomic mass is 10.2. The van der Waals surface area contributed by atoms with Crippen molar-refractivity contribution in [3.8, 4) is 11.5 Å². The lowest BCUT2D eigenvalue weighted by Gasteiger charge is -2.13. The lowest BCUT2D eigenvalue weighted by Crippen LogP contribution is -2.23. The van der Waals surface area contributed by atoms with Gasteiger partial charge < -0.3 is 19.7 Å². The Kier molecular flexibility index (Phi) is 7.80. The Bertz CT molecular complexity index is 684. The second-order valence-corrected chi connectivity index (χ2v) is 6.17. The van der Waals surface area contributed by atoms with Crippen molar-refractivity contribution < 1.29 is 14.3 Å². The fourth-order valence-electron chi connectivity index (χ4n) is 2.46. The van der Waals surface area contributed by atoms with E-state index in [1.165, 1.54) is 0 Å². The van der Waals surface area contributed by atoms with Crippen molar-refractivity contribution >= 4 is 11.6 Å². The maximum absolute atomic E-state index is 12.0. The third kappa shape index (κ3) is 6.31. The maximum Gasteiger partial charge on any atom is 0.220 e. The summed E-state index contributed by atoms with van der Waals surface area (Å²) in [6, 6.07) is 15.7. The molecule has 0 aliphatic rings. The van der Waals surface area contributed by atoms with Crippen LogP contribution in [0.1, 0.15) is 25.3 Å². The van der Waals surface area contributed by atoms with Crippen molar-refractivity contribution in [2.24, 2.45) is 0 Å². The first kappa shape index (κ1) is 19.6. The van der Waals surface area contributed by atoms with E-state index in [4.69, 9.17) is 9.47 Å².